The molecule has 1 aromatic carbocycles. The van der Waals surface area contributed by atoms with Gasteiger partial charge in [0.1, 0.15) is 5.75 Å². The lowest BCUT2D eigenvalue weighted by molar-refractivity contribution is 0.0953. The molecule has 2 aromatic rings. The topological polar surface area (TPSA) is 69.3 Å². The van der Waals surface area contributed by atoms with Crippen LogP contribution < -0.4 is 16.0 Å². The van der Waals surface area contributed by atoms with Crippen LogP contribution in [0.15, 0.2) is 24.3 Å². The number of methoxy groups -OCH3 is 1. The number of hydrogen-bond acceptors (Lipinski definition) is 3. The first-order valence-corrected chi connectivity index (χ1v) is 6.41. The first-order valence-electron chi connectivity index (χ1n) is 6.03. The van der Waals surface area contributed by atoms with Gasteiger partial charge in [-0.1, -0.05) is 11.6 Å². The number of nitrogens with one attached hydrogen (secondary N) is 1. The van der Waals surface area contributed by atoms with Crippen molar-refractivity contribution in [3.05, 3.63) is 46.2 Å². The number of hydrazine groups is 1. The van der Waals surface area contributed by atoms with Crippen LogP contribution in [0.2, 0.25) is 5.02 Å². The quantitative estimate of drug-likeness (QED) is 0.518. The molecule has 5 nitrogen and oxygen atoms in total. The van der Waals surface area contributed by atoms with E-state index in [2.05, 4.69) is 5.43 Å². The molecule has 0 unspecified atom stereocenters. The molecule has 1 aromatic heterocycles. The minimum Gasteiger partial charge on any atom is -0.495 e. The van der Waals surface area contributed by atoms with Crippen molar-refractivity contribution >= 4 is 17.5 Å². The van der Waals surface area contributed by atoms with Crippen molar-refractivity contribution < 1.29 is 9.53 Å². The van der Waals surface area contributed by atoms with Crippen LogP contribution in [-0.2, 0) is 0 Å². The fourth-order valence-electron chi connectivity index (χ4n) is 2.26. The number of rotatable bonds is 3. The van der Waals surface area contributed by atoms with Crippen LogP contribution in [0.1, 0.15) is 21.7 Å². The van der Waals surface area contributed by atoms with Crippen molar-refractivity contribution in [3.63, 3.8) is 0 Å². The zero-order valence-electron chi connectivity index (χ0n) is 11.5. The van der Waals surface area contributed by atoms with Gasteiger partial charge in [-0.2, -0.15) is 0 Å². The third-order valence-corrected chi connectivity index (χ3v) is 3.50. The number of aryl methyl sites for hydroxylation is 1. The van der Waals surface area contributed by atoms with E-state index in [0.29, 0.717) is 16.3 Å². The van der Waals surface area contributed by atoms with E-state index in [9.17, 15) is 4.79 Å². The predicted octanol–water partition coefficient (Wildman–Crippen LogP) is 2.36. The zero-order chi connectivity index (χ0) is 14.9. The van der Waals surface area contributed by atoms with Gasteiger partial charge < -0.3 is 9.30 Å². The molecule has 0 radical (unpaired) electrons. The van der Waals surface area contributed by atoms with E-state index < -0.39 is 0 Å². The number of nitrogens with two attached hydrogens (primary N) is 1. The molecule has 3 N–H and O–H groups in total. The van der Waals surface area contributed by atoms with Gasteiger partial charge in [-0.25, -0.2) is 5.84 Å². The molecule has 0 saturated heterocycles. The van der Waals surface area contributed by atoms with E-state index in [1.807, 2.05) is 24.5 Å². The molecular weight excluding hydrogens is 278 g/mol. The summed E-state index contributed by atoms with van der Waals surface area (Å²) in [7, 11) is 1.57. The minimum atomic E-state index is -0.316. The molecule has 106 valence electrons. The Bertz CT molecular complexity index is 665. The van der Waals surface area contributed by atoms with Crippen molar-refractivity contribution in [1.29, 1.82) is 0 Å². The summed E-state index contributed by atoms with van der Waals surface area (Å²) in [6, 6.07) is 7.26. The summed E-state index contributed by atoms with van der Waals surface area (Å²) in [4.78, 5) is 11.7. The number of amides is 1. The number of carbonyl (C=O) groups is 1. The Labute approximate surface area is 122 Å². The number of nitrogen functional groups attached to an aromatic ring is 1. The van der Waals surface area contributed by atoms with Gasteiger partial charge in [0.2, 0.25) is 0 Å². The highest BCUT2D eigenvalue weighted by molar-refractivity contribution is 6.32. The normalized spacial score (nSPS) is 10.4. The van der Waals surface area contributed by atoms with Crippen LogP contribution >= 0.6 is 11.6 Å². The number of hydrogen-bond donors (Lipinski definition) is 2. The molecule has 2 rings (SSSR count). The highest BCUT2D eigenvalue weighted by atomic mass is 35.5. The number of ether oxygens (including phenoxy) is 1. The van der Waals surface area contributed by atoms with Crippen molar-refractivity contribution in [2.24, 2.45) is 5.84 Å². The number of benzene rings is 1. The summed E-state index contributed by atoms with van der Waals surface area (Å²) in [6.45, 7) is 3.77. The average Bonchev–Trinajstić information content (AvgIpc) is 2.73. The second-order valence-electron chi connectivity index (χ2n) is 4.41. The van der Waals surface area contributed by atoms with Crippen LogP contribution in [0.5, 0.6) is 5.75 Å². The smallest absolute Gasteiger partial charge is 0.267 e. The third kappa shape index (κ3) is 2.37. The summed E-state index contributed by atoms with van der Waals surface area (Å²) in [5.74, 6) is 5.48. The maximum Gasteiger partial charge on any atom is 0.267 e. The Morgan fingerprint density at radius 3 is 2.60 bits per heavy atom. The average molecular weight is 294 g/mol. The van der Waals surface area contributed by atoms with Crippen molar-refractivity contribution in [2.75, 3.05) is 7.11 Å². The second-order valence-corrected chi connectivity index (χ2v) is 4.82. The third-order valence-electron chi connectivity index (χ3n) is 3.20. The van der Waals surface area contributed by atoms with Crippen molar-refractivity contribution in [2.45, 2.75) is 13.8 Å². The van der Waals surface area contributed by atoms with Crippen LogP contribution in [0, 0.1) is 13.8 Å². The van der Waals surface area contributed by atoms with E-state index >= 15 is 0 Å². The summed E-state index contributed by atoms with van der Waals surface area (Å²) in [5, 5.41) is 0.516. The van der Waals surface area contributed by atoms with E-state index in [-0.39, 0.29) is 5.91 Å². The van der Waals surface area contributed by atoms with Gasteiger partial charge in [-0.05, 0) is 38.1 Å². The molecule has 1 amide bonds. The zero-order valence-corrected chi connectivity index (χ0v) is 12.3. The van der Waals surface area contributed by atoms with Gasteiger partial charge in [-0.15, -0.1) is 0 Å². The Morgan fingerprint density at radius 1 is 1.35 bits per heavy atom. The van der Waals surface area contributed by atoms with Crippen molar-refractivity contribution in [3.8, 4) is 11.4 Å². The van der Waals surface area contributed by atoms with E-state index in [1.54, 1.807) is 25.3 Å². The molecule has 0 fully saturated rings. The minimum absolute atomic E-state index is 0.316. The first-order chi connectivity index (χ1) is 9.49. The lowest BCUT2D eigenvalue weighted by atomic mass is 10.2. The molecular formula is C14H16ClN3O2. The molecule has 0 aliphatic carbocycles. The number of carbonyl (C=O) groups excluding carboxylic acids is 1. The first kappa shape index (κ1) is 14.4. The largest absolute Gasteiger partial charge is 0.495 e. The maximum absolute atomic E-state index is 11.7. The van der Waals surface area contributed by atoms with Gasteiger partial charge in [0, 0.05) is 17.1 Å². The van der Waals surface area contributed by atoms with Crippen LogP contribution in [0.4, 0.5) is 0 Å². The SMILES string of the molecule is COc1ccc(-n2c(C)cc(C(=O)NN)c2C)cc1Cl. The number of aromatic nitrogens is 1. The maximum atomic E-state index is 11.7. The Hall–Kier alpha value is -1.98. The fraction of sp³-hybridized carbons (Fsp3) is 0.214. The number of nitrogens with zero attached hydrogens (tertiary/aromatic N) is 1. The fourth-order valence-corrected chi connectivity index (χ4v) is 2.51. The molecule has 0 bridgehead atoms. The van der Waals surface area contributed by atoms with Gasteiger partial charge >= 0.3 is 0 Å². The summed E-state index contributed by atoms with van der Waals surface area (Å²) in [5.41, 5.74) is 5.26. The Morgan fingerprint density at radius 2 is 2.05 bits per heavy atom. The summed E-state index contributed by atoms with van der Waals surface area (Å²) in [6.07, 6.45) is 0. The lowest BCUT2D eigenvalue weighted by Crippen LogP contribution is -2.30. The Balaban J connectivity index is 2.56. The van der Waals surface area contributed by atoms with Crippen LogP contribution in [0.25, 0.3) is 5.69 Å². The number of halogens is 1. The predicted molar refractivity (Wildman–Crippen MR) is 78.5 cm³/mol. The molecule has 0 saturated carbocycles. The lowest BCUT2D eigenvalue weighted by Gasteiger charge is -2.12. The standard InChI is InChI=1S/C14H16ClN3O2/c1-8-6-11(14(19)17-16)9(2)18(8)10-4-5-13(20-3)12(15)7-10/h4-7H,16H2,1-3H3,(H,17,19). The van der Waals surface area contributed by atoms with Gasteiger partial charge in [0.05, 0.1) is 17.7 Å². The molecule has 0 atom stereocenters. The summed E-state index contributed by atoms with van der Waals surface area (Å²) < 4.78 is 7.08. The highest BCUT2D eigenvalue weighted by Gasteiger charge is 2.16. The highest BCUT2D eigenvalue weighted by Crippen LogP contribution is 2.29. The van der Waals surface area contributed by atoms with Crippen LogP contribution in [-0.4, -0.2) is 17.6 Å². The molecule has 6 heteroatoms. The van der Waals surface area contributed by atoms with Crippen molar-refractivity contribution in [1.82, 2.24) is 9.99 Å². The van der Waals surface area contributed by atoms with Gasteiger partial charge in [0.15, 0.2) is 0 Å². The molecule has 0 aliphatic rings. The second kappa shape index (κ2) is 5.56. The Kier molecular flexibility index (Phi) is 4.01. The molecule has 0 spiro atoms. The van der Waals surface area contributed by atoms with Crippen LogP contribution in [0.3, 0.4) is 0 Å². The summed E-state index contributed by atoms with van der Waals surface area (Å²) >= 11 is 6.14. The monoisotopic (exact) mass is 293 g/mol. The van der Waals surface area contributed by atoms with E-state index in [0.717, 1.165) is 17.1 Å². The molecule has 20 heavy (non-hydrogen) atoms. The van der Waals surface area contributed by atoms with Gasteiger partial charge in [0.25, 0.3) is 5.91 Å². The van der Waals surface area contributed by atoms with E-state index in [4.69, 9.17) is 22.2 Å². The molecule has 1 heterocycles. The molecule has 0 aliphatic heterocycles. The van der Waals surface area contributed by atoms with E-state index in [1.165, 1.54) is 0 Å². The van der Waals surface area contributed by atoms with Gasteiger partial charge in [-0.3, -0.25) is 10.2 Å².